The van der Waals surface area contributed by atoms with E-state index in [0.29, 0.717) is 16.3 Å². The molecule has 6 N–H and O–H groups in total. The smallest absolute Gasteiger partial charge is 0.163 e. The number of hydrogen-bond donors (Lipinski definition) is 4. The monoisotopic (exact) mass is 288 g/mol. The summed E-state index contributed by atoms with van der Waals surface area (Å²) in [5, 5.41) is 7.02. The molecule has 0 aromatic heterocycles. The van der Waals surface area contributed by atoms with Crippen molar-refractivity contribution in [3.63, 3.8) is 0 Å². The number of rotatable bonds is 3. The van der Waals surface area contributed by atoms with Gasteiger partial charge in [0.25, 0.3) is 0 Å². The predicted octanol–water partition coefficient (Wildman–Crippen LogP) is 1.24. The maximum Gasteiger partial charge on any atom is 0.163 e. The van der Waals surface area contributed by atoms with E-state index in [9.17, 15) is 0 Å². The molecular weight excluding hydrogens is 264 g/mol. The van der Waals surface area contributed by atoms with Crippen molar-refractivity contribution in [3.8, 4) is 0 Å². The van der Waals surface area contributed by atoms with E-state index < -0.39 is 0 Å². The first kappa shape index (κ1) is 15.4. The second kappa shape index (κ2) is 5.57. The topological polar surface area (TPSA) is 76.1 Å². The molecule has 1 fully saturated rings. The fourth-order valence-corrected chi connectivity index (χ4v) is 3.61. The Bertz CT molecular complexity index is 343. The zero-order chi connectivity index (χ0) is 14.0. The summed E-state index contributed by atoms with van der Waals surface area (Å²) >= 11 is 9.82. The van der Waals surface area contributed by atoms with Crippen LogP contribution in [-0.2, 0) is 0 Å². The van der Waals surface area contributed by atoms with Gasteiger partial charge < -0.3 is 22.1 Å². The zero-order valence-electron chi connectivity index (χ0n) is 11.4. The third kappa shape index (κ3) is 4.94. The van der Waals surface area contributed by atoms with Crippen LogP contribution < -0.4 is 22.1 Å². The van der Waals surface area contributed by atoms with Crippen LogP contribution in [-0.4, -0.2) is 22.8 Å². The van der Waals surface area contributed by atoms with Gasteiger partial charge in [0.1, 0.15) is 0 Å². The van der Waals surface area contributed by atoms with E-state index in [1.807, 2.05) is 0 Å². The molecule has 0 heterocycles. The van der Waals surface area contributed by atoms with Gasteiger partial charge in [-0.05, 0) is 54.5 Å². The second-order valence-corrected chi connectivity index (χ2v) is 7.36. The maximum atomic E-state index is 5.59. The van der Waals surface area contributed by atoms with Crippen molar-refractivity contribution in [1.82, 2.24) is 10.6 Å². The Balaban J connectivity index is 2.72. The summed E-state index contributed by atoms with van der Waals surface area (Å²) in [7, 11) is 0. The van der Waals surface area contributed by atoms with Crippen LogP contribution >= 0.6 is 24.4 Å². The molecule has 0 aliphatic heterocycles. The van der Waals surface area contributed by atoms with E-state index >= 15 is 0 Å². The van der Waals surface area contributed by atoms with E-state index in [4.69, 9.17) is 35.9 Å². The van der Waals surface area contributed by atoms with Gasteiger partial charge in [-0.1, -0.05) is 20.8 Å². The standard InChI is InChI=1S/C12H24N4S2/c1-11(2)4-8(16-10(14)18)5-12(3,6-11)7-15-9(13)17/h8H,4-7H2,1-3H3,(H3,13,15,17)(H3,14,16,18). The van der Waals surface area contributed by atoms with Crippen molar-refractivity contribution in [2.75, 3.05) is 6.54 Å². The van der Waals surface area contributed by atoms with Crippen molar-refractivity contribution >= 4 is 34.7 Å². The van der Waals surface area contributed by atoms with Crippen molar-refractivity contribution in [1.29, 1.82) is 0 Å². The molecule has 2 unspecified atom stereocenters. The van der Waals surface area contributed by atoms with Crippen molar-refractivity contribution in [3.05, 3.63) is 0 Å². The molecule has 0 aromatic carbocycles. The Kier molecular flexibility index (Phi) is 4.78. The molecule has 6 heteroatoms. The quantitative estimate of drug-likeness (QED) is 0.586. The number of nitrogens with two attached hydrogens (primary N) is 2. The minimum absolute atomic E-state index is 0.146. The highest BCUT2D eigenvalue weighted by atomic mass is 32.1. The molecule has 2 atom stereocenters. The fraction of sp³-hybridized carbons (Fsp3) is 0.833. The van der Waals surface area contributed by atoms with Crippen LogP contribution in [0.2, 0.25) is 0 Å². The lowest BCUT2D eigenvalue weighted by atomic mass is 9.62. The summed E-state index contributed by atoms with van der Waals surface area (Å²) in [6, 6.07) is 0.324. The predicted molar refractivity (Wildman–Crippen MR) is 84.2 cm³/mol. The van der Waals surface area contributed by atoms with E-state index in [2.05, 4.69) is 31.4 Å². The highest BCUT2D eigenvalue weighted by molar-refractivity contribution is 7.80. The van der Waals surface area contributed by atoms with Gasteiger partial charge in [0.2, 0.25) is 0 Å². The number of thiocarbonyl (C=S) groups is 2. The van der Waals surface area contributed by atoms with Crippen LogP contribution in [0.4, 0.5) is 0 Å². The largest absolute Gasteiger partial charge is 0.376 e. The first-order valence-electron chi connectivity index (χ1n) is 6.21. The van der Waals surface area contributed by atoms with E-state index in [-0.39, 0.29) is 10.8 Å². The van der Waals surface area contributed by atoms with Gasteiger partial charge in [0, 0.05) is 12.6 Å². The molecule has 0 bridgehead atoms. The summed E-state index contributed by atoms with van der Waals surface area (Å²) in [6.45, 7) is 7.60. The Labute approximate surface area is 120 Å². The lowest BCUT2D eigenvalue weighted by molar-refractivity contribution is 0.0805. The highest BCUT2D eigenvalue weighted by Gasteiger charge is 2.41. The molecule has 18 heavy (non-hydrogen) atoms. The van der Waals surface area contributed by atoms with Crippen molar-refractivity contribution < 1.29 is 0 Å². The van der Waals surface area contributed by atoms with Crippen LogP contribution in [0, 0.1) is 10.8 Å². The Morgan fingerprint density at radius 3 is 2.28 bits per heavy atom. The van der Waals surface area contributed by atoms with Gasteiger partial charge >= 0.3 is 0 Å². The Morgan fingerprint density at radius 1 is 1.17 bits per heavy atom. The first-order valence-corrected chi connectivity index (χ1v) is 7.03. The molecule has 1 rings (SSSR count). The zero-order valence-corrected chi connectivity index (χ0v) is 13.0. The van der Waals surface area contributed by atoms with Crippen LogP contribution in [0.25, 0.3) is 0 Å². The maximum absolute atomic E-state index is 5.59. The molecule has 104 valence electrons. The van der Waals surface area contributed by atoms with Crippen LogP contribution in [0.15, 0.2) is 0 Å². The third-order valence-electron chi connectivity index (χ3n) is 3.48. The van der Waals surface area contributed by atoms with Crippen LogP contribution in [0.3, 0.4) is 0 Å². The minimum Gasteiger partial charge on any atom is -0.376 e. The summed E-state index contributed by atoms with van der Waals surface area (Å²) < 4.78 is 0. The molecule has 4 nitrogen and oxygen atoms in total. The summed E-state index contributed by atoms with van der Waals surface area (Å²) in [5.74, 6) is 0. The van der Waals surface area contributed by atoms with Gasteiger partial charge in [-0.15, -0.1) is 0 Å². The first-order chi connectivity index (χ1) is 8.12. The molecule has 0 spiro atoms. The van der Waals surface area contributed by atoms with Gasteiger partial charge in [0.05, 0.1) is 0 Å². The van der Waals surface area contributed by atoms with Gasteiger partial charge in [0.15, 0.2) is 10.2 Å². The highest BCUT2D eigenvalue weighted by Crippen LogP contribution is 2.45. The van der Waals surface area contributed by atoms with Crippen LogP contribution in [0.5, 0.6) is 0 Å². The van der Waals surface area contributed by atoms with Gasteiger partial charge in [-0.2, -0.15) is 0 Å². The summed E-state index contributed by atoms with van der Waals surface area (Å²) in [4.78, 5) is 0. The normalized spacial score (nSPS) is 30.5. The lowest BCUT2D eigenvalue weighted by Gasteiger charge is -2.47. The van der Waals surface area contributed by atoms with Crippen LogP contribution in [0.1, 0.15) is 40.0 Å². The SMILES string of the molecule is CC1(C)CC(NC(N)=S)CC(C)(CNC(N)=S)C1. The third-order valence-corrected chi connectivity index (χ3v) is 3.74. The lowest BCUT2D eigenvalue weighted by Crippen LogP contribution is -2.51. The molecule has 0 saturated heterocycles. The molecule has 0 amide bonds. The van der Waals surface area contributed by atoms with Gasteiger partial charge in [-0.25, -0.2) is 0 Å². The van der Waals surface area contributed by atoms with E-state index in [1.54, 1.807) is 0 Å². The molecule has 1 saturated carbocycles. The molecular formula is C12H24N4S2. The Hall–Kier alpha value is -0.620. The van der Waals surface area contributed by atoms with Gasteiger partial charge in [-0.3, -0.25) is 0 Å². The summed E-state index contributed by atoms with van der Waals surface area (Å²) in [5.41, 5.74) is 11.5. The average molecular weight is 288 g/mol. The summed E-state index contributed by atoms with van der Waals surface area (Å²) in [6.07, 6.45) is 3.22. The second-order valence-electron chi connectivity index (χ2n) is 6.48. The molecule has 1 aliphatic rings. The van der Waals surface area contributed by atoms with Crippen molar-refractivity contribution in [2.24, 2.45) is 22.3 Å². The molecule has 0 aromatic rings. The van der Waals surface area contributed by atoms with E-state index in [0.717, 1.165) is 25.8 Å². The molecule has 1 aliphatic carbocycles. The molecule has 0 radical (unpaired) electrons. The average Bonchev–Trinajstić information content (AvgIpc) is 2.10. The number of hydrogen-bond acceptors (Lipinski definition) is 2. The number of nitrogens with one attached hydrogen (secondary N) is 2. The van der Waals surface area contributed by atoms with Crippen molar-refractivity contribution in [2.45, 2.75) is 46.1 Å². The van der Waals surface area contributed by atoms with E-state index in [1.165, 1.54) is 0 Å². The fourth-order valence-electron chi connectivity index (χ4n) is 3.37. The Morgan fingerprint density at radius 2 is 1.78 bits per heavy atom. The minimum atomic E-state index is 0.146.